The lowest BCUT2D eigenvalue weighted by Crippen LogP contribution is -2.54. The normalized spacial score (nSPS) is 29.4. The highest BCUT2D eigenvalue weighted by molar-refractivity contribution is 7.97. The zero-order valence-corrected chi connectivity index (χ0v) is 17.5. The number of aliphatic hydroxyl groups is 1. The number of fused-ring (bicyclic) bond motifs is 2. The summed E-state index contributed by atoms with van der Waals surface area (Å²) in [4.78, 5) is 3.78. The minimum atomic E-state index is -0.407. The van der Waals surface area contributed by atoms with Crippen LogP contribution in [0.4, 0.5) is 5.69 Å². The number of anilines is 1. The van der Waals surface area contributed by atoms with Gasteiger partial charge in [0.1, 0.15) is 0 Å². The average molecular weight is 409 g/mol. The molecule has 152 valence electrons. The highest BCUT2D eigenvalue weighted by Gasteiger charge is 2.49. The molecule has 5 N–H and O–H groups in total. The molecular weight excluding hydrogens is 380 g/mol. The number of rotatable bonds is 2. The lowest BCUT2D eigenvalue weighted by molar-refractivity contribution is 0.0907. The lowest BCUT2D eigenvalue weighted by Gasteiger charge is -2.48. The van der Waals surface area contributed by atoms with E-state index in [0.717, 1.165) is 38.2 Å². The Hall–Kier alpha value is -1.99. The van der Waals surface area contributed by atoms with Crippen molar-refractivity contribution in [2.24, 2.45) is 11.7 Å². The summed E-state index contributed by atoms with van der Waals surface area (Å²) < 4.78 is 3.60. The van der Waals surface area contributed by atoms with Crippen LogP contribution in [-0.4, -0.2) is 35.7 Å². The molecule has 5 nitrogen and oxygen atoms in total. The molecule has 3 heterocycles. The maximum Gasteiger partial charge on any atom is 0.186 e. The monoisotopic (exact) mass is 408 g/mol. The summed E-state index contributed by atoms with van der Waals surface area (Å²) in [6, 6.07) is 15.3. The maximum absolute atomic E-state index is 10.7. The summed E-state index contributed by atoms with van der Waals surface area (Å²) in [5.74, 6) is 0.487. The highest BCUT2D eigenvalue weighted by Crippen LogP contribution is 2.48. The Kier molecular flexibility index (Phi) is 4.82. The first-order chi connectivity index (χ1) is 14.1. The molecular formula is C23H28N4OS. The number of nitrogens with one attached hydrogen (secondary N) is 2. The summed E-state index contributed by atoms with van der Waals surface area (Å²) in [5.41, 5.74) is 10.8. The van der Waals surface area contributed by atoms with Crippen LogP contribution in [0.15, 0.2) is 59.3 Å². The van der Waals surface area contributed by atoms with Crippen molar-refractivity contribution in [3.05, 3.63) is 71.1 Å². The molecule has 0 bridgehead atoms. The molecule has 6 heteroatoms. The number of hydrogen-bond donors (Lipinski definition) is 4. The van der Waals surface area contributed by atoms with Gasteiger partial charge in [0.15, 0.2) is 5.88 Å². The minimum Gasteiger partial charge on any atom is -0.495 e. The molecule has 0 aliphatic carbocycles. The molecule has 29 heavy (non-hydrogen) atoms. The summed E-state index contributed by atoms with van der Waals surface area (Å²) in [6.07, 6.45) is 3.97. The second-order valence-corrected chi connectivity index (χ2v) is 9.42. The van der Waals surface area contributed by atoms with Crippen molar-refractivity contribution in [2.75, 3.05) is 25.0 Å². The minimum absolute atomic E-state index is 0.172. The van der Waals surface area contributed by atoms with Gasteiger partial charge < -0.3 is 16.2 Å². The molecule has 2 aromatic carbocycles. The van der Waals surface area contributed by atoms with E-state index in [1.54, 1.807) is 11.9 Å². The topological polar surface area (TPSA) is 73.5 Å². The van der Waals surface area contributed by atoms with E-state index in [1.807, 2.05) is 6.08 Å². The van der Waals surface area contributed by atoms with E-state index in [-0.39, 0.29) is 17.8 Å². The first kappa shape index (κ1) is 19.0. The Morgan fingerprint density at radius 3 is 2.93 bits per heavy atom. The quantitative estimate of drug-likeness (QED) is 0.570. The molecule has 3 aliphatic heterocycles. The molecule has 3 atom stereocenters. The van der Waals surface area contributed by atoms with Crippen molar-refractivity contribution < 1.29 is 5.11 Å². The van der Waals surface area contributed by atoms with E-state index in [0.29, 0.717) is 0 Å². The van der Waals surface area contributed by atoms with Crippen LogP contribution in [0.2, 0.25) is 0 Å². The van der Waals surface area contributed by atoms with Gasteiger partial charge in [0.25, 0.3) is 0 Å². The first-order valence-electron chi connectivity index (χ1n) is 10.3. The molecule has 0 spiro atoms. The predicted octanol–water partition coefficient (Wildman–Crippen LogP) is 3.52. The van der Waals surface area contributed by atoms with Gasteiger partial charge in [-0.2, -0.15) is 0 Å². The van der Waals surface area contributed by atoms with Gasteiger partial charge in [0.05, 0.1) is 5.54 Å². The van der Waals surface area contributed by atoms with Crippen LogP contribution in [0, 0.1) is 12.8 Å². The maximum atomic E-state index is 10.7. The van der Waals surface area contributed by atoms with Crippen molar-refractivity contribution in [2.45, 2.75) is 36.2 Å². The zero-order chi connectivity index (χ0) is 20.0. The molecule has 5 rings (SSSR count). The van der Waals surface area contributed by atoms with E-state index >= 15 is 0 Å². The van der Waals surface area contributed by atoms with E-state index in [2.05, 4.69) is 64.3 Å². The summed E-state index contributed by atoms with van der Waals surface area (Å²) in [6.45, 7) is 4.75. The Balaban J connectivity index is 1.68. The number of hydrogen-bond acceptors (Lipinski definition) is 6. The molecule has 2 aromatic rings. The Morgan fingerprint density at radius 1 is 1.24 bits per heavy atom. The molecule has 1 saturated heterocycles. The standard InChI is InChI=1S/C23H28N4OS/c1-15-6-7-20-19(10-15)23(12-22(28)26-20,27-9-8-18(24)14-27)17-11-16-4-2-3-5-21(16)29-25-13-17/h2-7,10,12,17-18,25-26,28H,8-9,11,13-14,24H2,1H3. The van der Waals surface area contributed by atoms with Crippen molar-refractivity contribution >= 4 is 17.6 Å². The lowest BCUT2D eigenvalue weighted by atomic mass is 9.71. The average Bonchev–Trinajstić information content (AvgIpc) is 3.03. The summed E-state index contributed by atoms with van der Waals surface area (Å²) in [7, 11) is 0. The number of benzene rings is 2. The fourth-order valence-corrected chi connectivity index (χ4v) is 6.05. The molecule has 0 aromatic heterocycles. The van der Waals surface area contributed by atoms with Crippen LogP contribution < -0.4 is 15.8 Å². The van der Waals surface area contributed by atoms with E-state index in [1.165, 1.54) is 21.6 Å². The molecule has 0 saturated carbocycles. The largest absolute Gasteiger partial charge is 0.495 e. The number of aryl methyl sites for hydroxylation is 1. The fourth-order valence-electron chi connectivity index (χ4n) is 5.18. The van der Waals surface area contributed by atoms with Crippen LogP contribution in [0.25, 0.3) is 0 Å². The summed E-state index contributed by atoms with van der Waals surface area (Å²) in [5, 5.41) is 13.9. The molecule has 0 amide bonds. The van der Waals surface area contributed by atoms with Gasteiger partial charge in [-0.25, -0.2) is 0 Å². The SMILES string of the molecule is Cc1ccc2c(c1)C(C1CNSc3ccccc3C1)(N1CCC(N)C1)C=C(O)N2. The number of nitrogens with two attached hydrogens (primary N) is 1. The molecule has 3 aliphatic rings. The van der Waals surface area contributed by atoms with Crippen LogP contribution in [0.1, 0.15) is 23.1 Å². The zero-order valence-electron chi connectivity index (χ0n) is 16.7. The smallest absolute Gasteiger partial charge is 0.186 e. The van der Waals surface area contributed by atoms with Gasteiger partial charge in [-0.05, 0) is 49.4 Å². The van der Waals surface area contributed by atoms with Crippen LogP contribution in [0.5, 0.6) is 0 Å². The summed E-state index contributed by atoms with van der Waals surface area (Å²) >= 11 is 1.71. The van der Waals surface area contributed by atoms with E-state index < -0.39 is 5.54 Å². The Labute approximate surface area is 176 Å². The second kappa shape index (κ2) is 7.36. The third-order valence-corrected chi connectivity index (χ3v) is 7.48. The first-order valence-corrected chi connectivity index (χ1v) is 11.2. The number of aliphatic hydroxyl groups excluding tert-OH is 1. The van der Waals surface area contributed by atoms with E-state index in [4.69, 9.17) is 5.73 Å². The van der Waals surface area contributed by atoms with Gasteiger partial charge in [0.2, 0.25) is 0 Å². The van der Waals surface area contributed by atoms with Crippen molar-refractivity contribution in [3.63, 3.8) is 0 Å². The Bertz CT molecular complexity index is 962. The van der Waals surface area contributed by atoms with Crippen molar-refractivity contribution in [1.29, 1.82) is 0 Å². The second-order valence-electron chi connectivity index (χ2n) is 8.48. The van der Waals surface area contributed by atoms with Gasteiger partial charge in [-0.15, -0.1) is 0 Å². The number of likely N-dealkylation sites (tertiary alicyclic amines) is 1. The van der Waals surface area contributed by atoms with Gasteiger partial charge >= 0.3 is 0 Å². The van der Waals surface area contributed by atoms with Gasteiger partial charge in [0, 0.05) is 53.8 Å². The third-order valence-electron chi connectivity index (χ3n) is 6.55. The molecule has 3 unspecified atom stereocenters. The van der Waals surface area contributed by atoms with Crippen LogP contribution in [-0.2, 0) is 12.0 Å². The van der Waals surface area contributed by atoms with Crippen LogP contribution >= 0.6 is 11.9 Å². The van der Waals surface area contributed by atoms with Crippen LogP contribution in [0.3, 0.4) is 0 Å². The highest BCUT2D eigenvalue weighted by atomic mass is 32.2. The van der Waals surface area contributed by atoms with Crippen molar-refractivity contribution in [1.82, 2.24) is 9.62 Å². The number of nitrogens with zero attached hydrogens (tertiary/aromatic N) is 1. The third kappa shape index (κ3) is 3.24. The predicted molar refractivity (Wildman–Crippen MR) is 119 cm³/mol. The Morgan fingerprint density at radius 2 is 2.10 bits per heavy atom. The van der Waals surface area contributed by atoms with E-state index in [9.17, 15) is 5.11 Å². The van der Waals surface area contributed by atoms with Crippen molar-refractivity contribution in [3.8, 4) is 0 Å². The fraction of sp³-hybridized carbons (Fsp3) is 0.391. The molecule has 0 radical (unpaired) electrons. The molecule has 1 fully saturated rings. The van der Waals surface area contributed by atoms with Gasteiger partial charge in [-0.1, -0.05) is 35.9 Å². The van der Waals surface area contributed by atoms with Gasteiger partial charge in [-0.3, -0.25) is 9.62 Å².